The first kappa shape index (κ1) is 23.4. The summed E-state index contributed by atoms with van der Waals surface area (Å²) in [6.07, 6.45) is 1.93. The Bertz CT molecular complexity index is 1310. The van der Waals surface area contributed by atoms with Crippen molar-refractivity contribution in [2.24, 2.45) is 0 Å². The van der Waals surface area contributed by atoms with Gasteiger partial charge in [-0.25, -0.2) is 9.78 Å². The van der Waals surface area contributed by atoms with Crippen LogP contribution >= 0.6 is 0 Å². The summed E-state index contributed by atoms with van der Waals surface area (Å²) in [5.41, 5.74) is 4.28. The number of aromatic nitrogens is 2. The Morgan fingerprint density at radius 2 is 1.58 bits per heavy atom. The van der Waals surface area contributed by atoms with E-state index in [9.17, 15) is 14.7 Å². The Balaban J connectivity index is 1.46. The molecule has 7 heteroatoms. The minimum absolute atomic E-state index is 0.150. The van der Waals surface area contributed by atoms with Gasteiger partial charge in [0.15, 0.2) is 0 Å². The van der Waals surface area contributed by atoms with Gasteiger partial charge >= 0.3 is 5.97 Å². The average molecular weight is 482 g/mol. The van der Waals surface area contributed by atoms with E-state index in [-0.39, 0.29) is 18.9 Å². The number of rotatable bonds is 7. The molecule has 0 radical (unpaired) electrons. The minimum Gasteiger partial charge on any atom is -0.497 e. The number of amides is 1. The fourth-order valence-electron chi connectivity index (χ4n) is 4.83. The first-order valence-corrected chi connectivity index (χ1v) is 11.8. The van der Waals surface area contributed by atoms with Crippen LogP contribution in [0.3, 0.4) is 0 Å². The van der Waals surface area contributed by atoms with Crippen molar-refractivity contribution in [3.8, 4) is 5.75 Å². The summed E-state index contributed by atoms with van der Waals surface area (Å²) in [7, 11) is 1.63. The van der Waals surface area contributed by atoms with Crippen LogP contribution in [0.1, 0.15) is 34.0 Å². The Kier molecular flexibility index (Phi) is 6.54. The molecule has 0 saturated carbocycles. The maximum atomic E-state index is 14.0. The second kappa shape index (κ2) is 10.1. The van der Waals surface area contributed by atoms with E-state index >= 15 is 0 Å². The van der Waals surface area contributed by atoms with Crippen molar-refractivity contribution in [1.82, 2.24) is 14.5 Å². The number of carboxylic acids is 1. The SMILES string of the molecule is COc1ccc(Cn2cnc3c2C[C@@H](C(=O)O)N(C(=O)C(c2ccccc2)c2ccccc2)C3)cc1. The number of carboxylic acid groups (broad SMARTS) is 1. The summed E-state index contributed by atoms with van der Waals surface area (Å²) >= 11 is 0. The molecule has 2 heterocycles. The van der Waals surface area contributed by atoms with E-state index < -0.39 is 17.9 Å². The van der Waals surface area contributed by atoms with Crippen LogP contribution in [0.4, 0.5) is 0 Å². The molecular weight excluding hydrogens is 454 g/mol. The molecule has 36 heavy (non-hydrogen) atoms. The van der Waals surface area contributed by atoms with Gasteiger partial charge in [0.25, 0.3) is 0 Å². The number of hydrogen-bond acceptors (Lipinski definition) is 4. The third-order valence-electron chi connectivity index (χ3n) is 6.71. The highest BCUT2D eigenvalue weighted by molar-refractivity contribution is 5.91. The predicted octanol–water partition coefficient (Wildman–Crippen LogP) is 4.11. The van der Waals surface area contributed by atoms with Gasteiger partial charge in [0.05, 0.1) is 31.6 Å². The van der Waals surface area contributed by atoms with E-state index in [1.54, 1.807) is 13.4 Å². The Morgan fingerprint density at radius 3 is 2.14 bits per heavy atom. The number of imidazole rings is 1. The molecule has 1 aliphatic rings. The quantitative estimate of drug-likeness (QED) is 0.430. The third-order valence-corrected chi connectivity index (χ3v) is 6.71. The van der Waals surface area contributed by atoms with Crippen LogP contribution in [-0.2, 0) is 29.1 Å². The van der Waals surface area contributed by atoms with Gasteiger partial charge in [-0.2, -0.15) is 0 Å². The summed E-state index contributed by atoms with van der Waals surface area (Å²) in [5, 5.41) is 10.1. The summed E-state index contributed by atoms with van der Waals surface area (Å²) in [6.45, 7) is 0.709. The van der Waals surface area contributed by atoms with Crippen molar-refractivity contribution < 1.29 is 19.4 Å². The Labute approximate surface area is 209 Å². The van der Waals surface area contributed by atoms with Gasteiger partial charge in [-0.3, -0.25) is 4.79 Å². The largest absolute Gasteiger partial charge is 0.497 e. The summed E-state index contributed by atoms with van der Waals surface area (Å²) in [5.74, 6) is -1.09. The summed E-state index contributed by atoms with van der Waals surface area (Å²) in [6, 6.07) is 25.8. The van der Waals surface area contributed by atoms with Crippen molar-refractivity contribution in [3.05, 3.63) is 119 Å². The molecule has 0 aliphatic carbocycles. The number of hydrogen-bond donors (Lipinski definition) is 1. The molecule has 5 rings (SSSR count). The molecule has 182 valence electrons. The van der Waals surface area contributed by atoms with Gasteiger partial charge in [-0.15, -0.1) is 0 Å². The topological polar surface area (TPSA) is 84.7 Å². The van der Waals surface area contributed by atoms with Gasteiger partial charge in [0, 0.05) is 18.7 Å². The van der Waals surface area contributed by atoms with E-state index in [0.29, 0.717) is 6.54 Å². The molecule has 1 amide bonds. The number of nitrogens with zero attached hydrogens (tertiary/aromatic N) is 3. The van der Waals surface area contributed by atoms with Crippen LogP contribution in [0.15, 0.2) is 91.3 Å². The average Bonchev–Trinajstić information content (AvgIpc) is 3.31. The van der Waals surface area contributed by atoms with Crippen molar-refractivity contribution in [3.63, 3.8) is 0 Å². The molecule has 7 nitrogen and oxygen atoms in total. The van der Waals surface area contributed by atoms with Gasteiger partial charge in [-0.1, -0.05) is 72.8 Å². The maximum absolute atomic E-state index is 14.0. The summed E-state index contributed by atoms with van der Waals surface area (Å²) < 4.78 is 7.20. The zero-order valence-corrected chi connectivity index (χ0v) is 19.9. The number of ether oxygens (including phenoxy) is 1. The van der Waals surface area contributed by atoms with Crippen molar-refractivity contribution >= 4 is 11.9 Å². The van der Waals surface area contributed by atoms with Crippen LogP contribution in [-0.4, -0.2) is 44.6 Å². The molecule has 1 N–H and O–H groups in total. The fourth-order valence-corrected chi connectivity index (χ4v) is 4.83. The monoisotopic (exact) mass is 481 g/mol. The van der Waals surface area contributed by atoms with Gasteiger partial charge in [0.1, 0.15) is 11.8 Å². The molecule has 0 saturated heterocycles. The van der Waals surface area contributed by atoms with Gasteiger partial charge in [-0.05, 0) is 28.8 Å². The number of aliphatic carboxylic acids is 1. The highest BCUT2D eigenvalue weighted by Gasteiger charge is 2.40. The van der Waals surface area contributed by atoms with Gasteiger partial charge < -0.3 is 19.3 Å². The Morgan fingerprint density at radius 1 is 0.972 bits per heavy atom. The lowest BCUT2D eigenvalue weighted by molar-refractivity contribution is -0.151. The first-order chi connectivity index (χ1) is 17.5. The van der Waals surface area contributed by atoms with Crippen LogP contribution in [0.25, 0.3) is 0 Å². The zero-order chi connectivity index (χ0) is 25.1. The van der Waals surface area contributed by atoms with E-state index in [4.69, 9.17) is 4.74 Å². The second-order valence-electron chi connectivity index (χ2n) is 8.89. The standard InChI is InChI=1S/C29H27N3O4/c1-36-23-14-12-20(13-15-23)17-31-19-30-24-18-32(26(29(34)35)16-25(24)31)28(33)27(21-8-4-2-5-9-21)22-10-6-3-7-11-22/h2-15,19,26-27H,16-18H2,1H3,(H,34,35)/t26-/m0/s1. The molecule has 3 aromatic carbocycles. The lowest BCUT2D eigenvalue weighted by Crippen LogP contribution is -2.50. The second-order valence-corrected chi connectivity index (χ2v) is 8.89. The van der Waals surface area contributed by atoms with Crippen LogP contribution in [0.2, 0.25) is 0 Å². The highest BCUT2D eigenvalue weighted by atomic mass is 16.5. The van der Waals surface area contributed by atoms with Crippen molar-refractivity contribution in [2.75, 3.05) is 7.11 Å². The predicted molar refractivity (Wildman–Crippen MR) is 135 cm³/mol. The molecule has 4 aromatic rings. The molecular formula is C29H27N3O4. The van der Waals surface area contributed by atoms with Crippen LogP contribution < -0.4 is 4.74 Å². The molecule has 1 aromatic heterocycles. The molecule has 1 atom stereocenters. The van der Waals surface area contributed by atoms with E-state index in [2.05, 4.69) is 4.98 Å². The molecule has 0 unspecified atom stereocenters. The number of methoxy groups -OCH3 is 1. The number of carbonyl (C=O) groups excluding carboxylic acids is 1. The first-order valence-electron chi connectivity index (χ1n) is 11.8. The lowest BCUT2D eigenvalue weighted by Gasteiger charge is -2.35. The number of fused-ring (bicyclic) bond motifs is 1. The normalized spacial score (nSPS) is 14.9. The molecule has 1 aliphatic heterocycles. The molecule has 0 bridgehead atoms. The smallest absolute Gasteiger partial charge is 0.326 e. The summed E-state index contributed by atoms with van der Waals surface area (Å²) in [4.78, 5) is 32.4. The maximum Gasteiger partial charge on any atom is 0.326 e. The van der Waals surface area contributed by atoms with Gasteiger partial charge in [0.2, 0.25) is 5.91 Å². The van der Waals surface area contributed by atoms with Crippen molar-refractivity contribution in [1.29, 1.82) is 0 Å². The number of benzene rings is 3. The van der Waals surface area contributed by atoms with E-state index in [1.807, 2.05) is 89.5 Å². The van der Waals surface area contributed by atoms with Crippen molar-refractivity contribution in [2.45, 2.75) is 31.5 Å². The fraction of sp³-hybridized carbons (Fsp3) is 0.207. The zero-order valence-electron chi connectivity index (χ0n) is 19.9. The highest BCUT2D eigenvalue weighted by Crippen LogP contribution is 2.32. The van der Waals surface area contributed by atoms with Crippen LogP contribution in [0, 0.1) is 0 Å². The van der Waals surface area contributed by atoms with E-state index in [1.165, 1.54) is 4.90 Å². The number of carbonyl (C=O) groups is 2. The minimum atomic E-state index is -1.02. The molecule has 0 fully saturated rings. The van der Waals surface area contributed by atoms with E-state index in [0.717, 1.165) is 33.8 Å². The lowest BCUT2D eigenvalue weighted by atomic mass is 9.88. The molecule has 0 spiro atoms. The third kappa shape index (κ3) is 4.60. The van der Waals surface area contributed by atoms with Crippen LogP contribution in [0.5, 0.6) is 5.75 Å². The Hall–Kier alpha value is -4.39.